The third-order valence-electron chi connectivity index (χ3n) is 4.93. The molecule has 0 aliphatic heterocycles. The van der Waals surface area contributed by atoms with Gasteiger partial charge in [-0.3, -0.25) is 4.79 Å². The predicted molar refractivity (Wildman–Crippen MR) is 149 cm³/mol. The number of aldehydes is 1. The average Bonchev–Trinajstić information content (AvgIpc) is 2.87. The zero-order valence-electron chi connectivity index (χ0n) is 21.6. The summed E-state index contributed by atoms with van der Waals surface area (Å²) >= 11 is 0. The fourth-order valence-corrected chi connectivity index (χ4v) is 3.25. The van der Waals surface area contributed by atoms with Crippen molar-refractivity contribution in [3.8, 4) is 11.1 Å². The molecule has 1 aromatic carbocycles. The molecule has 2 aromatic heterocycles. The van der Waals surface area contributed by atoms with E-state index in [1.54, 1.807) is 57.6 Å². The van der Waals surface area contributed by atoms with Gasteiger partial charge in [0.1, 0.15) is 23.7 Å². The van der Waals surface area contributed by atoms with Crippen molar-refractivity contribution in [2.75, 3.05) is 24.3 Å². The molecule has 11 nitrogen and oxygen atoms in total. The maximum atomic E-state index is 12.2. The van der Waals surface area contributed by atoms with Crippen molar-refractivity contribution in [3.05, 3.63) is 60.6 Å². The number of amides is 1. The summed E-state index contributed by atoms with van der Waals surface area (Å²) in [5.41, 5.74) is 2.23. The molecule has 0 aliphatic rings. The van der Waals surface area contributed by atoms with E-state index in [1.807, 2.05) is 18.2 Å². The second kappa shape index (κ2) is 13.9. The van der Waals surface area contributed by atoms with Crippen molar-refractivity contribution in [1.82, 2.24) is 20.3 Å². The maximum absolute atomic E-state index is 12.2. The number of alkyl carbamates (subject to hydrolysis) is 1. The van der Waals surface area contributed by atoms with Gasteiger partial charge in [-0.2, -0.15) is 13.5 Å². The highest BCUT2D eigenvalue weighted by Crippen LogP contribution is 2.23. The summed E-state index contributed by atoms with van der Waals surface area (Å²) in [6.45, 7) is 5.48. The molecule has 0 saturated carbocycles. The number of hydrogen-bond donors (Lipinski definition) is 3. The summed E-state index contributed by atoms with van der Waals surface area (Å²) in [4.78, 5) is 48.0. The lowest BCUT2D eigenvalue weighted by Gasteiger charge is -2.20. The number of rotatable bonds is 10. The van der Waals surface area contributed by atoms with Gasteiger partial charge in [-0.1, -0.05) is 12.1 Å². The highest BCUT2D eigenvalue weighted by atomic mass is 32.1. The van der Waals surface area contributed by atoms with Crippen molar-refractivity contribution in [2.24, 2.45) is 0 Å². The van der Waals surface area contributed by atoms with Crippen LogP contribution < -0.4 is 16.0 Å². The average molecular weight is 541 g/mol. The first-order valence-corrected chi connectivity index (χ1v) is 11.6. The molecule has 202 valence electrons. The van der Waals surface area contributed by atoms with E-state index in [1.165, 1.54) is 7.11 Å². The number of aromatic nitrogens is 3. The van der Waals surface area contributed by atoms with Gasteiger partial charge in [-0.15, -0.1) is 0 Å². The van der Waals surface area contributed by atoms with Crippen LogP contribution in [0.2, 0.25) is 0 Å². The number of benzene rings is 1. The van der Waals surface area contributed by atoms with E-state index in [4.69, 9.17) is 9.47 Å². The van der Waals surface area contributed by atoms with Crippen LogP contribution in [0.5, 0.6) is 0 Å². The van der Waals surface area contributed by atoms with Crippen LogP contribution in [0.1, 0.15) is 37.6 Å². The van der Waals surface area contributed by atoms with Crippen molar-refractivity contribution >= 4 is 49.3 Å². The minimum absolute atomic E-state index is 0. The third-order valence-corrected chi connectivity index (χ3v) is 4.93. The van der Waals surface area contributed by atoms with Crippen molar-refractivity contribution < 1.29 is 23.9 Å². The number of nitrogens with one attached hydrogen (secondary N) is 3. The van der Waals surface area contributed by atoms with Crippen LogP contribution in [0.25, 0.3) is 11.1 Å². The Balaban J connectivity index is 0.00000507. The van der Waals surface area contributed by atoms with Gasteiger partial charge < -0.3 is 25.4 Å². The molecule has 3 N–H and O–H groups in total. The lowest BCUT2D eigenvalue weighted by atomic mass is 10.1. The summed E-state index contributed by atoms with van der Waals surface area (Å²) in [6.07, 6.45) is 5.34. The van der Waals surface area contributed by atoms with Crippen LogP contribution >= 0.6 is 13.5 Å². The number of ether oxygens (including phenoxy) is 2. The largest absolute Gasteiger partial charge is 0.467 e. The van der Waals surface area contributed by atoms with Gasteiger partial charge in [0.25, 0.3) is 0 Å². The Hall–Kier alpha value is -4.19. The number of pyridine rings is 1. The Bertz CT molecular complexity index is 1230. The monoisotopic (exact) mass is 540 g/mol. The minimum atomic E-state index is -0.773. The number of carbonyl (C=O) groups is 3. The Morgan fingerprint density at radius 1 is 1.05 bits per heavy atom. The highest BCUT2D eigenvalue weighted by Gasteiger charge is 2.21. The quantitative estimate of drug-likeness (QED) is 0.254. The van der Waals surface area contributed by atoms with Crippen LogP contribution in [-0.2, 0) is 14.3 Å². The van der Waals surface area contributed by atoms with E-state index in [-0.39, 0.29) is 32.4 Å². The first-order valence-electron chi connectivity index (χ1n) is 11.6. The van der Waals surface area contributed by atoms with Gasteiger partial charge in [0.05, 0.1) is 7.11 Å². The SMILES string of the molecule is COC(=O)C(CCNC(=O)OC(C)(C)C)Nc1ncc(-c2ccnc(Nc3cccc(C=O)c3)c2)cn1.S. The number of nitrogens with zero attached hydrogens (tertiary/aromatic N) is 3. The number of anilines is 3. The molecular formula is C26H32N6O5S. The Morgan fingerprint density at radius 2 is 1.79 bits per heavy atom. The van der Waals surface area contributed by atoms with Crippen molar-refractivity contribution in [1.29, 1.82) is 0 Å². The van der Waals surface area contributed by atoms with E-state index in [9.17, 15) is 14.4 Å². The van der Waals surface area contributed by atoms with Crippen molar-refractivity contribution in [3.63, 3.8) is 0 Å². The van der Waals surface area contributed by atoms with Crippen LogP contribution in [0, 0.1) is 0 Å². The standard InChI is InChI=1S/C26H30N6O5.H2S/c1-26(2,3)37-25(35)28-11-9-21(23(34)36-4)32-24-29-14-19(15-30-24)18-8-10-27-22(13-18)31-20-7-5-6-17(12-20)16-33;/h5-8,10,12-16,21H,9,11H2,1-4H3,(H,27,31)(H,28,35)(H,29,30,32);1H2. The number of hydrogen-bond acceptors (Lipinski definition) is 10. The van der Waals surface area contributed by atoms with Gasteiger partial charge in [0.2, 0.25) is 5.95 Å². The summed E-state index contributed by atoms with van der Waals surface area (Å²) < 4.78 is 10.1. The number of carbonyl (C=O) groups excluding carboxylic acids is 3. The van der Waals surface area contributed by atoms with Crippen LogP contribution in [0.15, 0.2) is 55.0 Å². The molecule has 0 aliphatic carbocycles. The van der Waals surface area contributed by atoms with E-state index in [2.05, 4.69) is 30.9 Å². The van der Waals surface area contributed by atoms with Gasteiger partial charge in [0.15, 0.2) is 0 Å². The lowest BCUT2D eigenvalue weighted by Crippen LogP contribution is -2.38. The molecule has 3 aromatic rings. The second-order valence-corrected chi connectivity index (χ2v) is 9.03. The fourth-order valence-electron chi connectivity index (χ4n) is 3.25. The summed E-state index contributed by atoms with van der Waals surface area (Å²) in [7, 11) is 1.28. The van der Waals surface area contributed by atoms with Crippen LogP contribution in [0.3, 0.4) is 0 Å². The molecule has 1 amide bonds. The predicted octanol–water partition coefficient (Wildman–Crippen LogP) is 4.08. The zero-order chi connectivity index (χ0) is 26.8. The molecule has 1 unspecified atom stereocenters. The number of esters is 1. The minimum Gasteiger partial charge on any atom is -0.467 e. The maximum Gasteiger partial charge on any atom is 0.407 e. The third kappa shape index (κ3) is 9.36. The molecule has 0 saturated heterocycles. The van der Waals surface area contributed by atoms with Crippen LogP contribution in [0.4, 0.5) is 22.2 Å². The Morgan fingerprint density at radius 3 is 2.45 bits per heavy atom. The van der Waals surface area contributed by atoms with Crippen LogP contribution in [-0.4, -0.2) is 58.6 Å². The summed E-state index contributed by atoms with van der Waals surface area (Å²) in [6, 6.07) is 9.95. The molecule has 2 heterocycles. The zero-order valence-corrected chi connectivity index (χ0v) is 22.6. The first kappa shape index (κ1) is 30.0. The molecule has 0 bridgehead atoms. The van der Waals surface area contributed by atoms with Gasteiger partial charge in [-0.25, -0.2) is 24.5 Å². The molecule has 0 radical (unpaired) electrons. The normalized spacial score (nSPS) is 11.4. The highest BCUT2D eigenvalue weighted by molar-refractivity contribution is 7.59. The van der Waals surface area contributed by atoms with E-state index >= 15 is 0 Å². The Kier molecular flexibility index (Phi) is 11.0. The molecule has 3 rings (SSSR count). The summed E-state index contributed by atoms with van der Waals surface area (Å²) in [5, 5.41) is 8.73. The second-order valence-electron chi connectivity index (χ2n) is 9.03. The first-order chi connectivity index (χ1) is 17.7. The molecule has 12 heteroatoms. The number of methoxy groups -OCH3 is 1. The van der Waals surface area contributed by atoms with E-state index in [0.29, 0.717) is 11.4 Å². The fraction of sp³-hybridized carbons (Fsp3) is 0.308. The Labute approximate surface area is 228 Å². The molecule has 38 heavy (non-hydrogen) atoms. The molecule has 0 spiro atoms. The van der Waals surface area contributed by atoms with Crippen molar-refractivity contribution in [2.45, 2.75) is 38.8 Å². The van der Waals surface area contributed by atoms with Gasteiger partial charge >= 0.3 is 12.1 Å². The molecule has 1 atom stereocenters. The lowest BCUT2D eigenvalue weighted by molar-refractivity contribution is -0.141. The molecular weight excluding hydrogens is 508 g/mol. The smallest absolute Gasteiger partial charge is 0.407 e. The van der Waals surface area contributed by atoms with E-state index < -0.39 is 23.7 Å². The van der Waals surface area contributed by atoms with Gasteiger partial charge in [-0.05, 0) is 57.0 Å². The topological polar surface area (TPSA) is 144 Å². The van der Waals surface area contributed by atoms with E-state index in [0.717, 1.165) is 23.1 Å². The summed E-state index contributed by atoms with van der Waals surface area (Å²) in [5.74, 6) is 0.308. The van der Waals surface area contributed by atoms with Gasteiger partial charge in [0, 0.05) is 41.9 Å². The molecule has 0 fully saturated rings.